The molecule has 0 saturated heterocycles. The summed E-state index contributed by atoms with van der Waals surface area (Å²) in [6.45, 7) is 2.00. The number of carbonyl (C=O) groups excluding carboxylic acids is 2. The van der Waals surface area contributed by atoms with Crippen LogP contribution in [0.2, 0.25) is 0 Å². The molecule has 0 bridgehead atoms. The van der Waals surface area contributed by atoms with E-state index in [-0.39, 0.29) is 5.91 Å². The Kier molecular flexibility index (Phi) is 4.05. The Morgan fingerprint density at radius 2 is 1.88 bits per heavy atom. The Balaban J connectivity index is 2.62. The number of nitrogens with zero attached hydrogens (tertiary/aromatic N) is 1. The molecule has 0 unspecified atom stereocenters. The Morgan fingerprint density at radius 3 is 2.38 bits per heavy atom. The van der Waals surface area contributed by atoms with E-state index < -0.39 is 11.8 Å². The van der Waals surface area contributed by atoms with Gasteiger partial charge in [0, 0.05) is 13.6 Å². The first-order valence-corrected chi connectivity index (χ1v) is 5.10. The average Bonchev–Trinajstić information content (AvgIpc) is 2.28. The van der Waals surface area contributed by atoms with Gasteiger partial charge in [-0.15, -0.1) is 0 Å². The second kappa shape index (κ2) is 5.30. The van der Waals surface area contributed by atoms with Gasteiger partial charge in [0.1, 0.15) is 5.92 Å². The Bertz CT molecular complexity index is 376. The van der Waals surface area contributed by atoms with Gasteiger partial charge < -0.3 is 10.6 Å². The van der Waals surface area contributed by atoms with Gasteiger partial charge >= 0.3 is 0 Å². The van der Waals surface area contributed by atoms with Crippen molar-refractivity contribution in [2.24, 2.45) is 11.7 Å². The van der Waals surface area contributed by atoms with Crippen molar-refractivity contribution in [1.82, 2.24) is 4.90 Å². The number of hydrogen-bond donors (Lipinski definition) is 1. The zero-order valence-electron chi connectivity index (χ0n) is 9.51. The molecule has 0 aromatic heterocycles. The smallest absolute Gasteiger partial charge is 0.234 e. The van der Waals surface area contributed by atoms with Crippen molar-refractivity contribution >= 4 is 11.8 Å². The highest BCUT2D eigenvalue weighted by atomic mass is 16.2. The predicted molar refractivity (Wildman–Crippen MR) is 61.3 cm³/mol. The molecule has 0 aliphatic carbocycles. The monoisotopic (exact) mass is 220 g/mol. The summed E-state index contributed by atoms with van der Waals surface area (Å²) >= 11 is 0. The van der Waals surface area contributed by atoms with Crippen molar-refractivity contribution in [2.75, 3.05) is 7.05 Å². The maximum atomic E-state index is 11.7. The topological polar surface area (TPSA) is 63.4 Å². The molecule has 4 nitrogen and oxygen atoms in total. The van der Waals surface area contributed by atoms with E-state index in [2.05, 4.69) is 0 Å². The molecule has 0 spiro atoms. The van der Waals surface area contributed by atoms with E-state index in [0.29, 0.717) is 6.54 Å². The lowest BCUT2D eigenvalue weighted by molar-refractivity contribution is -0.139. The predicted octanol–water partition coefficient (Wildman–Crippen LogP) is 0.766. The summed E-state index contributed by atoms with van der Waals surface area (Å²) in [5, 5.41) is 0. The number of primary amides is 1. The third kappa shape index (κ3) is 3.08. The summed E-state index contributed by atoms with van der Waals surface area (Å²) in [4.78, 5) is 24.1. The van der Waals surface area contributed by atoms with Crippen LogP contribution in [-0.4, -0.2) is 23.8 Å². The molecule has 2 amide bonds. The normalized spacial score (nSPS) is 11.9. The van der Waals surface area contributed by atoms with Crippen LogP contribution in [0.1, 0.15) is 12.5 Å². The second-order valence-electron chi connectivity index (χ2n) is 3.80. The molecule has 1 aromatic carbocycles. The Hall–Kier alpha value is -1.84. The molecule has 0 heterocycles. The van der Waals surface area contributed by atoms with E-state index in [0.717, 1.165) is 5.56 Å². The SMILES string of the molecule is C[C@@H](C(N)=O)C(=O)N(C)Cc1ccccc1. The van der Waals surface area contributed by atoms with E-state index >= 15 is 0 Å². The minimum Gasteiger partial charge on any atom is -0.369 e. The molecule has 0 fully saturated rings. The molecule has 1 atom stereocenters. The number of carbonyl (C=O) groups is 2. The van der Waals surface area contributed by atoms with Gasteiger partial charge in [0.2, 0.25) is 11.8 Å². The van der Waals surface area contributed by atoms with Gasteiger partial charge in [0.05, 0.1) is 0 Å². The molecule has 86 valence electrons. The van der Waals surface area contributed by atoms with Crippen LogP contribution in [0.5, 0.6) is 0 Å². The number of rotatable bonds is 4. The molecule has 16 heavy (non-hydrogen) atoms. The first-order valence-electron chi connectivity index (χ1n) is 5.10. The third-order valence-corrected chi connectivity index (χ3v) is 2.44. The average molecular weight is 220 g/mol. The summed E-state index contributed by atoms with van der Waals surface area (Å²) < 4.78 is 0. The van der Waals surface area contributed by atoms with Crippen molar-refractivity contribution in [1.29, 1.82) is 0 Å². The highest BCUT2D eigenvalue weighted by molar-refractivity contribution is 5.98. The van der Waals surface area contributed by atoms with Gasteiger partial charge in [-0.3, -0.25) is 9.59 Å². The molecule has 4 heteroatoms. The van der Waals surface area contributed by atoms with Gasteiger partial charge in [-0.2, -0.15) is 0 Å². The molecular weight excluding hydrogens is 204 g/mol. The first kappa shape index (κ1) is 12.2. The summed E-state index contributed by atoms with van der Waals surface area (Å²) in [6, 6.07) is 9.59. The minimum atomic E-state index is -0.770. The molecular formula is C12H16N2O2. The maximum Gasteiger partial charge on any atom is 0.234 e. The van der Waals surface area contributed by atoms with Crippen molar-refractivity contribution in [3.05, 3.63) is 35.9 Å². The fraction of sp³-hybridized carbons (Fsp3) is 0.333. The van der Waals surface area contributed by atoms with E-state index in [9.17, 15) is 9.59 Å². The van der Waals surface area contributed by atoms with Gasteiger partial charge in [0.25, 0.3) is 0 Å². The number of amides is 2. The van der Waals surface area contributed by atoms with E-state index in [1.54, 1.807) is 7.05 Å². The van der Waals surface area contributed by atoms with E-state index in [4.69, 9.17) is 5.73 Å². The van der Waals surface area contributed by atoms with Crippen LogP contribution < -0.4 is 5.73 Å². The van der Waals surface area contributed by atoms with Crippen molar-refractivity contribution in [2.45, 2.75) is 13.5 Å². The summed E-state index contributed by atoms with van der Waals surface area (Å²) in [5.41, 5.74) is 6.10. The van der Waals surface area contributed by atoms with Crippen molar-refractivity contribution in [3.63, 3.8) is 0 Å². The summed E-state index contributed by atoms with van der Waals surface area (Å²) in [6.07, 6.45) is 0. The summed E-state index contributed by atoms with van der Waals surface area (Å²) in [5.74, 6) is -1.62. The zero-order valence-corrected chi connectivity index (χ0v) is 9.51. The largest absolute Gasteiger partial charge is 0.369 e. The van der Waals surface area contributed by atoms with Crippen LogP contribution in [0.25, 0.3) is 0 Å². The Morgan fingerprint density at radius 1 is 1.31 bits per heavy atom. The summed E-state index contributed by atoms with van der Waals surface area (Å²) in [7, 11) is 1.66. The van der Waals surface area contributed by atoms with Crippen molar-refractivity contribution < 1.29 is 9.59 Å². The number of nitrogens with two attached hydrogens (primary N) is 1. The van der Waals surface area contributed by atoms with Gasteiger partial charge in [0.15, 0.2) is 0 Å². The van der Waals surface area contributed by atoms with E-state index in [1.807, 2.05) is 30.3 Å². The zero-order chi connectivity index (χ0) is 12.1. The van der Waals surface area contributed by atoms with Gasteiger partial charge in [-0.1, -0.05) is 30.3 Å². The van der Waals surface area contributed by atoms with Crippen LogP contribution in [0.15, 0.2) is 30.3 Å². The molecule has 0 aliphatic heterocycles. The van der Waals surface area contributed by atoms with Crippen LogP contribution >= 0.6 is 0 Å². The van der Waals surface area contributed by atoms with Crippen LogP contribution in [0.4, 0.5) is 0 Å². The standard InChI is InChI=1S/C12H16N2O2/c1-9(11(13)15)12(16)14(2)8-10-6-4-3-5-7-10/h3-7,9H,8H2,1-2H3,(H2,13,15)/t9-/m0/s1. The molecule has 0 aliphatic rings. The molecule has 0 saturated carbocycles. The lowest BCUT2D eigenvalue weighted by Gasteiger charge is -2.19. The maximum absolute atomic E-state index is 11.7. The molecule has 0 radical (unpaired) electrons. The quantitative estimate of drug-likeness (QED) is 0.762. The lowest BCUT2D eigenvalue weighted by Crippen LogP contribution is -2.37. The van der Waals surface area contributed by atoms with Crippen LogP contribution in [-0.2, 0) is 16.1 Å². The van der Waals surface area contributed by atoms with E-state index in [1.165, 1.54) is 11.8 Å². The fourth-order valence-electron chi connectivity index (χ4n) is 1.39. The lowest BCUT2D eigenvalue weighted by atomic mass is 10.1. The van der Waals surface area contributed by atoms with Crippen molar-refractivity contribution in [3.8, 4) is 0 Å². The minimum absolute atomic E-state index is 0.253. The first-order chi connectivity index (χ1) is 7.52. The van der Waals surface area contributed by atoms with Crippen LogP contribution in [0.3, 0.4) is 0 Å². The van der Waals surface area contributed by atoms with Gasteiger partial charge in [-0.05, 0) is 12.5 Å². The third-order valence-electron chi connectivity index (χ3n) is 2.44. The molecule has 1 rings (SSSR count). The highest BCUT2D eigenvalue weighted by Gasteiger charge is 2.22. The Labute approximate surface area is 95.0 Å². The number of benzene rings is 1. The highest BCUT2D eigenvalue weighted by Crippen LogP contribution is 2.06. The second-order valence-corrected chi connectivity index (χ2v) is 3.80. The molecule has 1 aromatic rings. The number of hydrogen-bond acceptors (Lipinski definition) is 2. The van der Waals surface area contributed by atoms with Crippen LogP contribution in [0, 0.1) is 5.92 Å². The van der Waals surface area contributed by atoms with Gasteiger partial charge in [-0.25, -0.2) is 0 Å². The fourth-order valence-corrected chi connectivity index (χ4v) is 1.39. The molecule has 2 N–H and O–H groups in total.